The lowest BCUT2D eigenvalue weighted by Gasteiger charge is -2.26. The lowest BCUT2D eigenvalue weighted by atomic mass is 9.96. The molecule has 8 heteroatoms. The van der Waals surface area contributed by atoms with Gasteiger partial charge in [0, 0.05) is 17.1 Å². The van der Waals surface area contributed by atoms with Gasteiger partial charge in [-0.05, 0) is 37.5 Å². The number of ether oxygens (including phenoxy) is 1. The molecular formula is C24H26N4O2S2. The number of aromatic nitrogens is 4. The largest absolute Gasteiger partial charge is 0.372 e. The van der Waals surface area contributed by atoms with E-state index in [1.165, 1.54) is 0 Å². The number of thioether (sulfide) groups is 1. The Kier molecular flexibility index (Phi) is 5.47. The van der Waals surface area contributed by atoms with Crippen molar-refractivity contribution in [2.45, 2.75) is 52.0 Å². The molecule has 5 rings (SSSR count). The Balaban J connectivity index is 1.83. The molecular weight excluding hydrogens is 440 g/mol. The van der Waals surface area contributed by atoms with E-state index in [0.717, 1.165) is 54.8 Å². The van der Waals surface area contributed by atoms with Crippen LogP contribution in [0.15, 0.2) is 46.4 Å². The summed E-state index contributed by atoms with van der Waals surface area (Å²) >= 11 is 3.22. The predicted octanol–water partition coefficient (Wildman–Crippen LogP) is 5.17. The number of aryl methyl sites for hydroxylation is 1. The molecule has 0 unspecified atom stereocenters. The number of thiophene rings is 1. The lowest BCUT2D eigenvalue weighted by molar-refractivity contribution is 0.00200. The molecule has 0 amide bonds. The number of rotatable bonds is 5. The normalized spacial score (nSPS) is 16.2. The highest BCUT2D eigenvalue weighted by Crippen LogP contribution is 2.37. The van der Waals surface area contributed by atoms with Crippen LogP contribution < -0.4 is 5.56 Å². The van der Waals surface area contributed by atoms with Crippen molar-refractivity contribution in [1.82, 2.24) is 19.2 Å². The summed E-state index contributed by atoms with van der Waals surface area (Å²) in [5.74, 6) is 1.67. The number of hydrogen-bond acceptors (Lipinski definition) is 6. The number of hydrogen-bond donors (Lipinski definition) is 0. The summed E-state index contributed by atoms with van der Waals surface area (Å²) < 4.78 is 9.85. The first-order valence-corrected chi connectivity index (χ1v) is 12.6. The van der Waals surface area contributed by atoms with Gasteiger partial charge in [0.05, 0.1) is 23.8 Å². The standard InChI is InChI=1S/C24H26N4O2S2/c1-13(2)12-31-24-26-25-23-27(16-8-6-15(5)7-9-16)21(29)20-17-10-18(14(3)4)30-11-19(17)32-22(20)28(23)24/h6-9,14,18H,1,10-12H2,2-5H3/t18-/m1/s1. The maximum Gasteiger partial charge on any atom is 0.268 e. The number of fused-ring (bicyclic) bond motifs is 5. The topological polar surface area (TPSA) is 61.4 Å². The third kappa shape index (κ3) is 3.50. The maximum atomic E-state index is 13.9. The van der Waals surface area contributed by atoms with E-state index in [-0.39, 0.29) is 11.7 Å². The fraction of sp³-hybridized carbons (Fsp3) is 0.375. The molecule has 0 saturated carbocycles. The van der Waals surface area contributed by atoms with Gasteiger partial charge in [0.15, 0.2) is 5.16 Å². The Bertz CT molecular complexity index is 1400. The van der Waals surface area contributed by atoms with E-state index in [9.17, 15) is 4.79 Å². The van der Waals surface area contributed by atoms with Crippen LogP contribution >= 0.6 is 23.1 Å². The summed E-state index contributed by atoms with van der Waals surface area (Å²) in [4.78, 5) is 16.0. The van der Waals surface area contributed by atoms with E-state index in [0.29, 0.717) is 18.3 Å². The van der Waals surface area contributed by atoms with Crippen molar-refractivity contribution in [3.63, 3.8) is 0 Å². The van der Waals surface area contributed by atoms with Crippen molar-refractivity contribution < 1.29 is 4.74 Å². The third-order valence-electron chi connectivity index (χ3n) is 5.83. The molecule has 1 aliphatic heterocycles. The Hall–Kier alpha value is -2.42. The number of nitrogens with zero attached hydrogens (tertiary/aromatic N) is 4. The van der Waals surface area contributed by atoms with E-state index in [4.69, 9.17) is 4.74 Å². The lowest BCUT2D eigenvalue weighted by Crippen LogP contribution is -2.28. The van der Waals surface area contributed by atoms with Crippen LogP contribution in [0, 0.1) is 12.8 Å². The second-order valence-electron chi connectivity index (χ2n) is 8.82. The van der Waals surface area contributed by atoms with Crippen LogP contribution in [0.5, 0.6) is 0 Å². The number of benzene rings is 1. The van der Waals surface area contributed by atoms with Crippen molar-refractivity contribution in [3.8, 4) is 5.69 Å². The molecule has 0 N–H and O–H groups in total. The van der Waals surface area contributed by atoms with Crippen molar-refractivity contribution in [2.24, 2.45) is 5.92 Å². The summed E-state index contributed by atoms with van der Waals surface area (Å²) in [6.07, 6.45) is 0.860. The van der Waals surface area contributed by atoms with E-state index in [1.807, 2.05) is 42.5 Å². The fourth-order valence-electron chi connectivity index (χ4n) is 4.07. The maximum absolute atomic E-state index is 13.9. The minimum absolute atomic E-state index is 0.0397. The Morgan fingerprint density at radius 1 is 1.31 bits per heavy atom. The van der Waals surface area contributed by atoms with Crippen LogP contribution in [0.25, 0.3) is 21.7 Å². The van der Waals surface area contributed by atoms with Crippen LogP contribution in [-0.4, -0.2) is 31.0 Å². The smallest absolute Gasteiger partial charge is 0.268 e. The second-order valence-corrected chi connectivity index (χ2v) is 10.8. The van der Waals surface area contributed by atoms with E-state index in [1.54, 1.807) is 27.7 Å². The van der Waals surface area contributed by atoms with Crippen LogP contribution in [-0.2, 0) is 17.8 Å². The highest BCUT2D eigenvalue weighted by atomic mass is 32.2. The molecule has 0 bridgehead atoms. The molecule has 6 nitrogen and oxygen atoms in total. The second kappa shape index (κ2) is 8.17. The summed E-state index contributed by atoms with van der Waals surface area (Å²) in [6.45, 7) is 12.9. The van der Waals surface area contributed by atoms with Gasteiger partial charge < -0.3 is 4.74 Å². The van der Waals surface area contributed by atoms with Gasteiger partial charge in [0.1, 0.15) is 4.83 Å². The minimum Gasteiger partial charge on any atom is -0.372 e. The van der Waals surface area contributed by atoms with Crippen LogP contribution in [0.1, 0.15) is 36.8 Å². The van der Waals surface area contributed by atoms with E-state index < -0.39 is 0 Å². The minimum atomic E-state index is -0.0397. The molecule has 4 aromatic rings. The first-order chi connectivity index (χ1) is 15.3. The SMILES string of the molecule is C=C(C)CSc1nnc2n(-c3ccc(C)cc3)c(=O)c3c4c(sc3n12)CO[C@@H](C(C)C)C4. The molecule has 1 aromatic carbocycles. The molecule has 4 heterocycles. The van der Waals surface area contributed by atoms with Crippen LogP contribution in [0.3, 0.4) is 0 Å². The van der Waals surface area contributed by atoms with Gasteiger partial charge >= 0.3 is 0 Å². The first-order valence-electron chi connectivity index (χ1n) is 10.8. The van der Waals surface area contributed by atoms with Gasteiger partial charge in [-0.25, -0.2) is 8.97 Å². The zero-order valence-corrected chi connectivity index (χ0v) is 20.3. The van der Waals surface area contributed by atoms with Gasteiger partial charge in [-0.2, -0.15) is 0 Å². The highest BCUT2D eigenvalue weighted by Gasteiger charge is 2.30. The molecule has 3 aromatic heterocycles. The monoisotopic (exact) mass is 466 g/mol. The van der Waals surface area contributed by atoms with Gasteiger partial charge in [0.2, 0.25) is 5.78 Å². The van der Waals surface area contributed by atoms with Crippen molar-refractivity contribution in [1.29, 1.82) is 0 Å². The van der Waals surface area contributed by atoms with Gasteiger partial charge in [-0.3, -0.25) is 4.79 Å². The summed E-state index contributed by atoms with van der Waals surface area (Å²) in [7, 11) is 0. The van der Waals surface area contributed by atoms with Gasteiger partial charge in [-0.15, -0.1) is 21.5 Å². The summed E-state index contributed by atoms with van der Waals surface area (Å²) in [5.41, 5.74) is 4.08. The Morgan fingerprint density at radius 2 is 2.06 bits per heavy atom. The molecule has 1 atom stereocenters. The molecule has 166 valence electrons. The molecule has 32 heavy (non-hydrogen) atoms. The quantitative estimate of drug-likeness (QED) is 0.300. The molecule has 0 saturated heterocycles. The molecule has 0 aliphatic carbocycles. The van der Waals surface area contributed by atoms with Crippen LogP contribution in [0.2, 0.25) is 0 Å². The molecule has 0 fully saturated rings. The predicted molar refractivity (Wildman–Crippen MR) is 131 cm³/mol. The Labute approximate surface area is 194 Å². The zero-order valence-electron chi connectivity index (χ0n) is 18.7. The van der Waals surface area contributed by atoms with Crippen LogP contribution in [0.4, 0.5) is 0 Å². The van der Waals surface area contributed by atoms with Crippen molar-refractivity contribution in [2.75, 3.05) is 5.75 Å². The van der Waals surface area contributed by atoms with E-state index in [2.05, 4.69) is 30.6 Å². The fourth-order valence-corrected chi connectivity index (χ4v) is 6.15. The van der Waals surface area contributed by atoms with Gasteiger partial charge in [-0.1, -0.05) is 55.5 Å². The van der Waals surface area contributed by atoms with E-state index >= 15 is 0 Å². The Morgan fingerprint density at radius 3 is 2.75 bits per heavy atom. The third-order valence-corrected chi connectivity index (χ3v) is 8.18. The average molecular weight is 467 g/mol. The average Bonchev–Trinajstić information content (AvgIpc) is 3.34. The highest BCUT2D eigenvalue weighted by molar-refractivity contribution is 7.99. The summed E-state index contributed by atoms with van der Waals surface area (Å²) in [6, 6.07) is 7.97. The zero-order chi connectivity index (χ0) is 22.6. The first kappa shape index (κ1) is 21.4. The molecule has 0 spiro atoms. The molecule has 1 aliphatic rings. The van der Waals surface area contributed by atoms with Crippen molar-refractivity contribution in [3.05, 3.63) is 62.8 Å². The molecule has 0 radical (unpaired) electrons. The van der Waals surface area contributed by atoms with Crippen molar-refractivity contribution >= 4 is 39.1 Å². The summed E-state index contributed by atoms with van der Waals surface area (Å²) in [5, 5.41) is 10.5. The van der Waals surface area contributed by atoms with Gasteiger partial charge in [0.25, 0.3) is 5.56 Å².